The van der Waals surface area contributed by atoms with Crippen LogP contribution in [0.1, 0.15) is 51.2 Å². The topological polar surface area (TPSA) is 0 Å². The third-order valence-corrected chi connectivity index (χ3v) is 8.39. The molecule has 0 saturated heterocycles. The van der Waals surface area contributed by atoms with E-state index in [2.05, 4.69) is 148 Å². The molecule has 0 amide bonds. The molecule has 0 aliphatic heterocycles. The van der Waals surface area contributed by atoms with Crippen LogP contribution in [-0.2, 0) is 24.2 Å². The van der Waals surface area contributed by atoms with Crippen molar-refractivity contribution in [3.05, 3.63) is 150 Å². The Morgan fingerprint density at radius 1 is 0.658 bits per heavy atom. The maximum absolute atomic E-state index is 3.52. The van der Waals surface area contributed by atoms with Crippen LogP contribution in [0.2, 0.25) is 0 Å². The molecule has 1 heteroatoms. The van der Waals surface area contributed by atoms with E-state index >= 15 is 0 Å². The van der Waals surface area contributed by atoms with Crippen molar-refractivity contribution < 1.29 is 24.2 Å². The monoisotopic (exact) mass is 570 g/mol. The first-order chi connectivity index (χ1) is 18.6. The van der Waals surface area contributed by atoms with Gasteiger partial charge in [0.15, 0.2) is 0 Å². The summed E-state index contributed by atoms with van der Waals surface area (Å²) in [4.78, 5) is 0. The summed E-state index contributed by atoms with van der Waals surface area (Å²) < 4.78 is 1.42. The first kappa shape index (κ1) is 28.0. The minimum atomic E-state index is 0.611. The first-order valence-corrected chi connectivity index (χ1v) is 14.9. The van der Waals surface area contributed by atoms with Crippen LogP contribution in [0.25, 0.3) is 21.5 Å². The summed E-state index contributed by atoms with van der Waals surface area (Å²) >= 11 is 1.46. The van der Waals surface area contributed by atoms with E-state index in [1.54, 1.807) is 0 Å². The Morgan fingerprint density at radius 3 is 1.55 bits per heavy atom. The molecule has 5 aromatic carbocycles. The van der Waals surface area contributed by atoms with Gasteiger partial charge in [-0.3, -0.25) is 6.08 Å². The molecule has 0 N–H and O–H groups in total. The molecule has 38 heavy (non-hydrogen) atoms. The molecule has 0 heterocycles. The summed E-state index contributed by atoms with van der Waals surface area (Å²) in [5.41, 5.74) is 5.65. The van der Waals surface area contributed by atoms with Crippen molar-refractivity contribution in [3.63, 3.8) is 0 Å². The van der Waals surface area contributed by atoms with E-state index in [4.69, 9.17) is 0 Å². The van der Waals surface area contributed by atoms with Gasteiger partial charge in [0.1, 0.15) is 0 Å². The van der Waals surface area contributed by atoms with Crippen molar-refractivity contribution in [1.82, 2.24) is 0 Å². The van der Waals surface area contributed by atoms with Crippen LogP contribution in [0, 0.1) is 12.0 Å². The molecular formula is C37H36Zr. The maximum atomic E-state index is 3.52. The number of hydrogen-bond donors (Lipinski definition) is 0. The molecule has 0 radical (unpaired) electrons. The van der Waals surface area contributed by atoms with Crippen LogP contribution in [0.15, 0.2) is 132 Å². The predicted molar refractivity (Wildman–Crippen MR) is 162 cm³/mol. The second kappa shape index (κ2) is 14.2. The zero-order valence-corrected chi connectivity index (χ0v) is 25.2. The molecule has 0 bridgehead atoms. The van der Waals surface area contributed by atoms with Crippen LogP contribution >= 0.6 is 0 Å². The molecule has 0 spiro atoms. The molecule has 5 aromatic rings. The van der Waals surface area contributed by atoms with Crippen molar-refractivity contribution in [2.45, 2.75) is 40.0 Å². The number of allylic oxidation sites excluding steroid dienone is 4. The van der Waals surface area contributed by atoms with Gasteiger partial charge in [-0.1, -0.05) is 82.3 Å². The zero-order valence-electron chi connectivity index (χ0n) is 22.7. The fourth-order valence-corrected chi connectivity index (χ4v) is 5.68. The van der Waals surface area contributed by atoms with Crippen LogP contribution in [0.4, 0.5) is 0 Å². The minimum Gasteiger partial charge on any atom is -0.126 e. The van der Waals surface area contributed by atoms with Gasteiger partial charge in [0.25, 0.3) is 0 Å². The molecule has 0 nitrogen and oxygen atoms in total. The summed E-state index contributed by atoms with van der Waals surface area (Å²) in [6.07, 6.45) is 9.41. The Labute approximate surface area is 243 Å². The number of rotatable bonds is 5. The first-order valence-electron chi connectivity index (χ1n) is 13.7. The van der Waals surface area contributed by atoms with Crippen molar-refractivity contribution in [1.29, 1.82) is 0 Å². The summed E-state index contributed by atoms with van der Waals surface area (Å²) in [6, 6.07) is 40.4. The standard InChI is InChI=1S/C13H9.C13H10.C11H17.Zr/c1-3-7-12-10(5-1)9-11-6-2-4-8-13(11)12;1-3-7-12(8-4-1)11-13-9-5-2-6-10-13;1-4-9-7-10(5-2)11(6-3)8-9;/h1-9H;1-10H;7,9H,4-6H2,1-3H3;/q-1;;-1;+2. The molecule has 1 atom stereocenters. The number of benzene rings is 4. The van der Waals surface area contributed by atoms with E-state index in [-0.39, 0.29) is 0 Å². The van der Waals surface area contributed by atoms with Crippen LogP contribution < -0.4 is 0 Å². The quantitative estimate of drug-likeness (QED) is 0.184. The van der Waals surface area contributed by atoms with E-state index in [1.807, 2.05) is 0 Å². The van der Waals surface area contributed by atoms with Gasteiger partial charge in [0, 0.05) is 0 Å². The van der Waals surface area contributed by atoms with E-state index < -0.39 is 0 Å². The average molecular weight is 572 g/mol. The van der Waals surface area contributed by atoms with Gasteiger partial charge in [0.2, 0.25) is 0 Å². The van der Waals surface area contributed by atoms with E-state index in [1.165, 1.54) is 84.1 Å². The molecule has 188 valence electrons. The largest absolute Gasteiger partial charge is 0.126 e. The van der Waals surface area contributed by atoms with Gasteiger partial charge in [0.05, 0.1) is 0 Å². The van der Waals surface area contributed by atoms with E-state index in [9.17, 15) is 0 Å². The molecule has 1 aliphatic rings. The van der Waals surface area contributed by atoms with Crippen molar-refractivity contribution in [2.75, 3.05) is 0 Å². The second-order valence-corrected chi connectivity index (χ2v) is 10.7. The van der Waals surface area contributed by atoms with E-state index in [0.717, 1.165) is 6.42 Å². The average Bonchev–Trinajstić information content (AvgIpc) is 3.59. The Kier molecular flexibility index (Phi) is 10.5. The zero-order chi connectivity index (χ0) is 26.7. The fraction of sp³-hybridized carbons (Fsp3) is 0.189. The predicted octanol–water partition coefficient (Wildman–Crippen LogP) is 10.0. The molecular weight excluding hydrogens is 536 g/mol. The van der Waals surface area contributed by atoms with Crippen LogP contribution in [-0.4, -0.2) is 3.21 Å². The van der Waals surface area contributed by atoms with Gasteiger partial charge in [-0.05, 0) is 0 Å². The van der Waals surface area contributed by atoms with Gasteiger partial charge in [-0.2, -0.15) is 11.6 Å². The third-order valence-electron chi connectivity index (χ3n) is 6.97. The smallest absolute Gasteiger partial charge is 0.0771 e. The van der Waals surface area contributed by atoms with Crippen molar-refractivity contribution in [3.8, 4) is 0 Å². The molecule has 0 aromatic heterocycles. The molecule has 0 saturated carbocycles. The summed E-state index contributed by atoms with van der Waals surface area (Å²) in [5, 5.41) is 5.39. The van der Waals surface area contributed by atoms with Crippen LogP contribution in [0.5, 0.6) is 0 Å². The fourth-order valence-electron chi connectivity index (χ4n) is 4.86. The van der Waals surface area contributed by atoms with Crippen LogP contribution in [0.3, 0.4) is 0 Å². The van der Waals surface area contributed by atoms with Gasteiger partial charge in [-0.15, -0.1) is 39.7 Å². The number of fused-ring (bicyclic) bond motifs is 3. The third kappa shape index (κ3) is 7.09. The van der Waals surface area contributed by atoms with Crippen molar-refractivity contribution in [2.24, 2.45) is 5.92 Å². The van der Waals surface area contributed by atoms with E-state index in [0.29, 0.717) is 5.92 Å². The van der Waals surface area contributed by atoms with Gasteiger partial charge in [-0.25, -0.2) is 5.57 Å². The van der Waals surface area contributed by atoms with Crippen molar-refractivity contribution >= 4 is 24.8 Å². The second-order valence-electron chi connectivity index (χ2n) is 9.46. The Hall–Kier alpha value is -3.02. The Morgan fingerprint density at radius 2 is 1.13 bits per heavy atom. The molecule has 6 rings (SSSR count). The minimum absolute atomic E-state index is 0.611. The SMILES string of the molecule is CCC1=[C-]C(CC)C=C1CC.[Zr+2]=[C](c1ccccc1)c1ccccc1.c1ccc2c(c1)[cH-]c1ccccc12. The number of hydrogen-bond acceptors (Lipinski definition) is 0. The molecule has 0 fully saturated rings. The molecule has 1 unspecified atom stereocenters. The Balaban J connectivity index is 0.000000134. The summed E-state index contributed by atoms with van der Waals surface area (Å²) in [5.74, 6) is 0.611. The van der Waals surface area contributed by atoms with Gasteiger partial charge < -0.3 is 0 Å². The normalized spacial score (nSPS) is 14.2. The summed E-state index contributed by atoms with van der Waals surface area (Å²) in [6.45, 7) is 6.66. The summed E-state index contributed by atoms with van der Waals surface area (Å²) in [7, 11) is 0. The Bertz CT molecular complexity index is 1400. The molecule has 1 aliphatic carbocycles. The van der Waals surface area contributed by atoms with Gasteiger partial charge >= 0.3 is 99.2 Å². The maximum Gasteiger partial charge on any atom is -0.0771 e.